The molecule has 5 heteroatoms. The van der Waals surface area contributed by atoms with Crippen molar-refractivity contribution in [2.45, 2.75) is 5.92 Å². The fraction of sp³-hybridized carbons (Fsp3) is 0.143. The van der Waals surface area contributed by atoms with Crippen LogP contribution < -0.4 is 4.90 Å². The second-order valence-corrected chi connectivity index (χ2v) is 6.52. The van der Waals surface area contributed by atoms with Crippen LogP contribution in [0.4, 0.5) is 5.69 Å². The zero-order valence-corrected chi connectivity index (χ0v) is 14.2. The number of para-hydroxylation sites is 1. The second-order valence-electron chi connectivity index (χ2n) is 6.52. The maximum absolute atomic E-state index is 4.62. The first kappa shape index (κ1) is 15.0. The number of hydrogen-bond donors (Lipinski definition) is 0. The smallest absolute Gasteiger partial charge is 0.0937 e. The highest BCUT2D eigenvalue weighted by Crippen LogP contribution is 2.35. The van der Waals surface area contributed by atoms with Crippen molar-refractivity contribution in [3.05, 3.63) is 79.1 Å². The largest absolute Gasteiger partial charge is 0.369 e. The molecule has 1 aromatic carbocycles. The topological polar surface area (TPSA) is 54.8 Å². The molecule has 5 nitrogen and oxygen atoms in total. The van der Waals surface area contributed by atoms with Crippen molar-refractivity contribution < 1.29 is 0 Å². The van der Waals surface area contributed by atoms with E-state index in [0.717, 1.165) is 41.2 Å². The van der Waals surface area contributed by atoms with Crippen LogP contribution in [0.5, 0.6) is 0 Å². The van der Waals surface area contributed by atoms with Crippen molar-refractivity contribution in [3.8, 4) is 11.3 Å². The first-order chi connectivity index (χ1) is 12.9. The Morgan fingerprint density at radius 1 is 0.846 bits per heavy atom. The van der Waals surface area contributed by atoms with E-state index in [2.05, 4.69) is 37.0 Å². The predicted octanol–water partition coefficient (Wildman–Crippen LogP) is 3.69. The summed E-state index contributed by atoms with van der Waals surface area (Å²) in [4.78, 5) is 20.3. The van der Waals surface area contributed by atoms with E-state index in [9.17, 15) is 0 Å². The van der Waals surface area contributed by atoms with Gasteiger partial charge in [0.2, 0.25) is 0 Å². The summed E-state index contributed by atoms with van der Waals surface area (Å²) in [7, 11) is 0. The summed E-state index contributed by atoms with van der Waals surface area (Å²) in [5.41, 5.74) is 5.18. The van der Waals surface area contributed by atoms with Gasteiger partial charge in [-0.3, -0.25) is 19.9 Å². The Morgan fingerprint density at radius 3 is 2.62 bits per heavy atom. The molecule has 3 aromatic heterocycles. The van der Waals surface area contributed by atoms with Crippen LogP contribution in [-0.4, -0.2) is 33.0 Å². The molecule has 1 aliphatic rings. The molecule has 1 aliphatic heterocycles. The molecule has 0 radical (unpaired) electrons. The lowest BCUT2D eigenvalue weighted by atomic mass is 9.92. The van der Waals surface area contributed by atoms with Crippen LogP contribution in [0, 0.1) is 0 Å². The molecule has 0 unspecified atom stereocenters. The molecule has 26 heavy (non-hydrogen) atoms. The average molecular weight is 339 g/mol. The van der Waals surface area contributed by atoms with Gasteiger partial charge in [0.25, 0.3) is 0 Å². The number of fused-ring (bicyclic) bond motifs is 1. The normalized spacial score (nSPS) is 14.4. The summed E-state index contributed by atoms with van der Waals surface area (Å²) >= 11 is 0. The highest BCUT2D eigenvalue weighted by atomic mass is 15.2. The number of nitrogens with zero attached hydrogens (tertiary/aromatic N) is 5. The van der Waals surface area contributed by atoms with Gasteiger partial charge in [-0.05, 0) is 24.3 Å². The number of pyridine rings is 2. The molecule has 0 amide bonds. The molecule has 0 spiro atoms. The van der Waals surface area contributed by atoms with E-state index >= 15 is 0 Å². The average Bonchev–Trinajstić information content (AvgIpc) is 2.68. The standard InChI is InChI=1S/C21H17N5/c1-2-6-19-15(4-1)10-18(12-25-19)26-13-17(14-26)21-20(23-8-9-24-21)16-5-3-7-22-11-16/h1-12,17H,13-14H2. The van der Waals surface area contributed by atoms with Crippen LogP contribution >= 0.6 is 0 Å². The van der Waals surface area contributed by atoms with Gasteiger partial charge >= 0.3 is 0 Å². The van der Waals surface area contributed by atoms with Crippen LogP contribution in [0.15, 0.2) is 73.4 Å². The molecule has 0 bridgehead atoms. The number of anilines is 1. The van der Waals surface area contributed by atoms with Crippen molar-refractivity contribution in [3.63, 3.8) is 0 Å². The van der Waals surface area contributed by atoms with Crippen LogP contribution in [0.1, 0.15) is 11.6 Å². The molecule has 0 saturated carbocycles. The van der Waals surface area contributed by atoms with Crippen molar-refractivity contribution in [2.75, 3.05) is 18.0 Å². The van der Waals surface area contributed by atoms with Gasteiger partial charge in [0, 0.05) is 54.7 Å². The van der Waals surface area contributed by atoms with E-state index in [1.807, 2.05) is 42.7 Å². The van der Waals surface area contributed by atoms with E-state index in [4.69, 9.17) is 0 Å². The van der Waals surface area contributed by atoms with Crippen LogP contribution in [-0.2, 0) is 0 Å². The zero-order chi connectivity index (χ0) is 17.3. The van der Waals surface area contributed by atoms with E-state index < -0.39 is 0 Å². The van der Waals surface area contributed by atoms with E-state index in [-0.39, 0.29) is 0 Å². The van der Waals surface area contributed by atoms with Gasteiger partial charge in [0.05, 0.1) is 28.8 Å². The molecule has 1 saturated heterocycles. The Bertz CT molecular complexity index is 1060. The maximum Gasteiger partial charge on any atom is 0.0937 e. The van der Waals surface area contributed by atoms with E-state index in [0.29, 0.717) is 5.92 Å². The van der Waals surface area contributed by atoms with Gasteiger partial charge in [-0.2, -0.15) is 0 Å². The van der Waals surface area contributed by atoms with Crippen molar-refractivity contribution in [1.82, 2.24) is 19.9 Å². The van der Waals surface area contributed by atoms with Gasteiger partial charge in [0.1, 0.15) is 0 Å². The van der Waals surface area contributed by atoms with Crippen LogP contribution in [0.3, 0.4) is 0 Å². The van der Waals surface area contributed by atoms with Gasteiger partial charge in [-0.1, -0.05) is 18.2 Å². The summed E-state index contributed by atoms with van der Waals surface area (Å²) < 4.78 is 0. The minimum absolute atomic E-state index is 0.366. The second kappa shape index (κ2) is 6.19. The molecule has 0 N–H and O–H groups in total. The molecule has 1 fully saturated rings. The predicted molar refractivity (Wildman–Crippen MR) is 102 cm³/mol. The Morgan fingerprint density at radius 2 is 1.73 bits per heavy atom. The molecular formula is C21H17N5. The molecule has 5 rings (SSSR count). The van der Waals surface area contributed by atoms with Crippen LogP contribution in [0.2, 0.25) is 0 Å². The lowest BCUT2D eigenvalue weighted by Crippen LogP contribution is -2.45. The maximum atomic E-state index is 4.62. The minimum atomic E-state index is 0.366. The SMILES string of the molecule is c1cncc(-c2nccnc2C2CN(c3cnc4ccccc4c3)C2)c1. The lowest BCUT2D eigenvalue weighted by molar-refractivity contribution is 0.513. The fourth-order valence-corrected chi connectivity index (χ4v) is 3.47. The molecule has 4 aromatic rings. The fourth-order valence-electron chi connectivity index (χ4n) is 3.47. The van der Waals surface area contributed by atoms with E-state index in [1.165, 1.54) is 5.39 Å². The van der Waals surface area contributed by atoms with E-state index in [1.54, 1.807) is 18.6 Å². The van der Waals surface area contributed by atoms with Crippen LogP contribution in [0.25, 0.3) is 22.2 Å². The Balaban J connectivity index is 1.40. The highest BCUT2D eigenvalue weighted by molar-refractivity contribution is 5.82. The van der Waals surface area contributed by atoms with Gasteiger partial charge in [0.15, 0.2) is 0 Å². The summed E-state index contributed by atoms with van der Waals surface area (Å²) in [5.74, 6) is 0.366. The van der Waals surface area contributed by atoms with Crippen molar-refractivity contribution in [2.24, 2.45) is 0 Å². The summed E-state index contributed by atoms with van der Waals surface area (Å²) in [6.07, 6.45) is 9.09. The molecule has 126 valence electrons. The number of aromatic nitrogens is 4. The highest BCUT2D eigenvalue weighted by Gasteiger charge is 2.32. The molecule has 0 aliphatic carbocycles. The third-order valence-corrected chi connectivity index (χ3v) is 4.87. The monoisotopic (exact) mass is 339 g/mol. The Kier molecular flexibility index (Phi) is 3.56. The van der Waals surface area contributed by atoms with Gasteiger partial charge < -0.3 is 4.90 Å². The summed E-state index contributed by atoms with van der Waals surface area (Å²) in [6, 6.07) is 14.4. The van der Waals surface area contributed by atoms with Crippen molar-refractivity contribution >= 4 is 16.6 Å². The first-order valence-electron chi connectivity index (χ1n) is 8.69. The number of benzene rings is 1. The number of rotatable bonds is 3. The Labute approximate surface area is 151 Å². The first-order valence-corrected chi connectivity index (χ1v) is 8.69. The quantitative estimate of drug-likeness (QED) is 0.570. The van der Waals surface area contributed by atoms with Gasteiger partial charge in [-0.15, -0.1) is 0 Å². The van der Waals surface area contributed by atoms with Crippen molar-refractivity contribution in [1.29, 1.82) is 0 Å². The summed E-state index contributed by atoms with van der Waals surface area (Å²) in [5, 5.41) is 1.17. The van der Waals surface area contributed by atoms with Gasteiger partial charge in [-0.25, -0.2) is 0 Å². The Hall–Kier alpha value is -3.34. The minimum Gasteiger partial charge on any atom is -0.369 e. The molecule has 4 heterocycles. The molecule has 0 atom stereocenters. The number of hydrogen-bond acceptors (Lipinski definition) is 5. The third-order valence-electron chi connectivity index (χ3n) is 4.87. The third kappa shape index (κ3) is 2.58. The molecular weight excluding hydrogens is 322 g/mol. The lowest BCUT2D eigenvalue weighted by Gasteiger charge is -2.41. The zero-order valence-electron chi connectivity index (χ0n) is 14.2. The summed E-state index contributed by atoms with van der Waals surface area (Å²) in [6.45, 7) is 1.85.